The Labute approximate surface area is 117 Å². The molecule has 2 N–H and O–H groups in total. The van der Waals surface area contributed by atoms with Gasteiger partial charge in [0.2, 0.25) is 5.91 Å². The van der Waals surface area contributed by atoms with E-state index in [9.17, 15) is 13.6 Å². The first-order chi connectivity index (χ1) is 8.48. The minimum absolute atomic E-state index is 0.0939. The summed E-state index contributed by atoms with van der Waals surface area (Å²) < 4.78 is 26.5. The normalized spacial score (nSPS) is 26.3. The average molecular weight is 361 g/mol. The number of hydrogen-bond acceptors (Lipinski definition) is 1. The Morgan fingerprint density at radius 1 is 1.33 bits per heavy atom. The van der Waals surface area contributed by atoms with Crippen LogP contribution in [0.25, 0.3) is 0 Å². The summed E-state index contributed by atoms with van der Waals surface area (Å²) >= 11 is 2.02. The van der Waals surface area contributed by atoms with Crippen LogP contribution in [0.3, 0.4) is 0 Å². The molecule has 2 unspecified atom stereocenters. The number of benzene rings is 1. The number of alkyl halides is 1. The Balaban J connectivity index is 2.65. The van der Waals surface area contributed by atoms with Crippen molar-refractivity contribution >= 4 is 28.5 Å². The highest BCUT2D eigenvalue weighted by atomic mass is 127. The molecule has 1 amide bonds. The van der Waals surface area contributed by atoms with Crippen molar-refractivity contribution in [2.24, 2.45) is 5.73 Å². The first-order valence-corrected chi connectivity index (χ1v) is 6.48. The first kappa shape index (κ1) is 13.2. The molecule has 5 heteroatoms. The molecule has 18 heavy (non-hydrogen) atoms. The van der Waals surface area contributed by atoms with Gasteiger partial charge in [0.25, 0.3) is 0 Å². The van der Waals surface area contributed by atoms with E-state index in [-0.39, 0.29) is 9.49 Å². The molecule has 1 aromatic carbocycles. The smallest absolute Gasteiger partial charge is 0.233 e. The maximum atomic E-state index is 13.9. The molecule has 2 nitrogen and oxygen atoms in total. The van der Waals surface area contributed by atoms with Crippen LogP contribution in [0.4, 0.5) is 8.78 Å². The topological polar surface area (TPSA) is 43.1 Å². The van der Waals surface area contributed by atoms with E-state index in [1.807, 2.05) is 22.6 Å². The lowest BCUT2D eigenvalue weighted by molar-refractivity contribution is -0.121. The molecule has 0 fully saturated rings. The van der Waals surface area contributed by atoms with E-state index in [0.29, 0.717) is 0 Å². The standard InChI is InChI=1S/C13H10F2INO/c14-8-4-5-9(10(15)7-8)13(12(17)18)6-2-1-3-11(13)16/h1-7,11H,(H2,17,18). The van der Waals surface area contributed by atoms with E-state index < -0.39 is 23.0 Å². The lowest BCUT2D eigenvalue weighted by Crippen LogP contribution is -2.47. The second-order valence-corrected chi connectivity index (χ2v) is 5.35. The van der Waals surface area contributed by atoms with Gasteiger partial charge in [-0.3, -0.25) is 4.79 Å². The average Bonchev–Trinajstić information content (AvgIpc) is 2.30. The van der Waals surface area contributed by atoms with E-state index in [1.165, 1.54) is 6.07 Å². The zero-order valence-corrected chi connectivity index (χ0v) is 11.4. The van der Waals surface area contributed by atoms with Gasteiger partial charge in [-0.1, -0.05) is 53.0 Å². The molecule has 2 atom stereocenters. The quantitative estimate of drug-likeness (QED) is 0.639. The van der Waals surface area contributed by atoms with Gasteiger partial charge in [-0.05, 0) is 6.07 Å². The SMILES string of the molecule is NC(=O)C1(c2ccc(F)cc2F)C=CC=CC1I. The highest BCUT2D eigenvalue weighted by Gasteiger charge is 2.44. The van der Waals surface area contributed by atoms with Crippen molar-refractivity contribution in [3.8, 4) is 0 Å². The number of amides is 1. The second-order valence-electron chi connectivity index (χ2n) is 4.00. The molecule has 1 aliphatic rings. The number of carbonyl (C=O) groups excluding carboxylic acids is 1. The number of nitrogens with two attached hydrogens (primary N) is 1. The molecule has 0 radical (unpaired) electrons. The van der Waals surface area contributed by atoms with Crippen LogP contribution in [0, 0.1) is 11.6 Å². The molecule has 2 rings (SSSR count). The van der Waals surface area contributed by atoms with Crippen LogP contribution >= 0.6 is 22.6 Å². The number of rotatable bonds is 2. The lowest BCUT2D eigenvalue weighted by Gasteiger charge is -2.33. The number of allylic oxidation sites excluding steroid dienone is 3. The van der Waals surface area contributed by atoms with Gasteiger partial charge in [-0.15, -0.1) is 0 Å². The van der Waals surface area contributed by atoms with E-state index in [2.05, 4.69) is 0 Å². The van der Waals surface area contributed by atoms with Gasteiger partial charge in [0, 0.05) is 11.6 Å². The number of primary amides is 1. The Morgan fingerprint density at radius 3 is 2.61 bits per heavy atom. The van der Waals surface area contributed by atoms with Crippen molar-refractivity contribution < 1.29 is 13.6 Å². The summed E-state index contributed by atoms with van der Waals surface area (Å²) in [7, 11) is 0. The highest BCUT2D eigenvalue weighted by molar-refractivity contribution is 14.1. The Kier molecular flexibility index (Phi) is 3.52. The van der Waals surface area contributed by atoms with Crippen LogP contribution in [0.2, 0.25) is 0 Å². The van der Waals surface area contributed by atoms with Crippen molar-refractivity contribution in [1.82, 2.24) is 0 Å². The zero-order valence-electron chi connectivity index (χ0n) is 9.24. The maximum absolute atomic E-state index is 13.9. The third-order valence-electron chi connectivity index (χ3n) is 2.97. The second kappa shape index (κ2) is 4.79. The summed E-state index contributed by atoms with van der Waals surface area (Å²) in [6, 6.07) is 3.15. The Morgan fingerprint density at radius 2 is 2.06 bits per heavy atom. The predicted molar refractivity (Wildman–Crippen MR) is 73.3 cm³/mol. The molecular formula is C13H10F2INO. The van der Waals surface area contributed by atoms with Crippen molar-refractivity contribution in [1.29, 1.82) is 0 Å². The highest BCUT2D eigenvalue weighted by Crippen LogP contribution is 2.38. The molecular weight excluding hydrogens is 351 g/mol. The molecule has 0 aliphatic heterocycles. The monoisotopic (exact) mass is 361 g/mol. The van der Waals surface area contributed by atoms with Gasteiger partial charge in [0.15, 0.2) is 0 Å². The first-order valence-electron chi connectivity index (χ1n) is 5.24. The third-order valence-corrected chi connectivity index (χ3v) is 4.37. The Hall–Kier alpha value is -1.24. The van der Waals surface area contributed by atoms with Crippen molar-refractivity contribution in [2.75, 3.05) is 0 Å². The summed E-state index contributed by atoms with van der Waals surface area (Å²) in [6.07, 6.45) is 6.72. The fourth-order valence-corrected chi connectivity index (χ4v) is 3.12. The zero-order chi connectivity index (χ0) is 13.3. The molecule has 0 aromatic heterocycles. The molecule has 94 valence electrons. The van der Waals surface area contributed by atoms with Gasteiger partial charge < -0.3 is 5.73 Å². The number of hydrogen-bond donors (Lipinski definition) is 1. The van der Waals surface area contributed by atoms with Crippen LogP contribution < -0.4 is 5.73 Å². The van der Waals surface area contributed by atoms with Crippen LogP contribution in [0.1, 0.15) is 5.56 Å². The van der Waals surface area contributed by atoms with Crippen LogP contribution in [0.5, 0.6) is 0 Å². The minimum Gasteiger partial charge on any atom is -0.369 e. The van der Waals surface area contributed by atoms with E-state index >= 15 is 0 Å². The van der Waals surface area contributed by atoms with E-state index in [0.717, 1.165) is 12.1 Å². The van der Waals surface area contributed by atoms with Gasteiger partial charge in [-0.25, -0.2) is 8.78 Å². The van der Waals surface area contributed by atoms with E-state index in [1.54, 1.807) is 24.3 Å². The van der Waals surface area contributed by atoms with Gasteiger partial charge in [-0.2, -0.15) is 0 Å². The van der Waals surface area contributed by atoms with Crippen LogP contribution in [0.15, 0.2) is 42.5 Å². The van der Waals surface area contributed by atoms with Gasteiger partial charge in [0.1, 0.15) is 17.0 Å². The van der Waals surface area contributed by atoms with Crippen LogP contribution in [-0.4, -0.2) is 9.83 Å². The van der Waals surface area contributed by atoms with Crippen molar-refractivity contribution in [3.05, 3.63) is 59.7 Å². The fraction of sp³-hybridized carbons (Fsp3) is 0.154. The summed E-state index contributed by atoms with van der Waals surface area (Å²) in [5.41, 5.74) is 4.27. The fourth-order valence-electron chi connectivity index (χ4n) is 2.03. The predicted octanol–water partition coefficient (Wildman–Crippen LogP) is 2.62. The molecule has 0 saturated heterocycles. The summed E-state index contributed by atoms with van der Waals surface area (Å²) in [5.74, 6) is -2.11. The van der Waals surface area contributed by atoms with Crippen molar-refractivity contribution in [2.45, 2.75) is 9.34 Å². The van der Waals surface area contributed by atoms with Crippen molar-refractivity contribution in [3.63, 3.8) is 0 Å². The molecule has 1 aromatic rings. The van der Waals surface area contributed by atoms with Gasteiger partial charge in [0.05, 0.1) is 3.92 Å². The number of carbonyl (C=O) groups is 1. The molecule has 0 heterocycles. The summed E-state index contributed by atoms with van der Waals surface area (Å²) in [6.45, 7) is 0. The van der Waals surface area contributed by atoms with E-state index in [4.69, 9.17) is 5.73 Å². The summed E-state index contributed by atoms with van der Waals surface area (Å²) in [4.78, 5) is 11.8. The minimum atomic E-state index is -1.27. The molecule has 0 bridgehead atoms. The lowest BCUT2D eigenvalue weighted by atomic mass is 9.74. The molecule has 0 saturated carbocycles. The summed E-state index contributed by atoms with van der Waals surface area (Å²) in [5, 5.41) is 0. The molecule has 0 spiro atoms. The third kappa shape index (κ3) is 1.96. The largest absolute Gasteiger partial charge is 0.369 e. The molecule has 1 aliphatic carbocycles. The number of halogens is 3. The van der Waals surface area contributed by atoms with Crippen LogP contribution in [-0.2, 0) is 10.2 Å². The van der Waals surface area contributed by atoms with Gasteiger partial charge >= 0.3 is 0 Å². The maximum Gasteiger partial charge on any atom is 0.233 e. The Bertz CT molecular complexity index is 556.